The Kier molecular flexibility index (Phi) is 3.77. The van der Waals surface area contributed by atoms with Crippen molar-refractivity contribution in [2.45, 2.75) is 20.1 Å². The molecular formula is C13H17N3O. The highest BCUT2D eigenvalue weighted by atomic mass is 16.5. The monoisotopic (exact) mass is 231 g/mol. The van der Waals surface area contributed by atoms with Gasteiger partial charge in [-0.2, -0.15) is 0 Å². The van der Waals surface area contributed by atoms with E-state index in [4.69, 9.17) is 4.74 Å². The molecule has 90 valence electrons. The van der Waals surface area contributed by atoms with E-state index in [-0.39, 0.29) is 0 Å². The van der Waals surface area contributed by atoms with E-state index >= 15 is 0 Å². The lowest BCUT2D eigenvalue weighted by atomic mass is 10.1. The molecule has 0 spiro atoms. The third-order valence-corrected chi connectivity index (χ3v) is 2.47. The van der Waals surface area contributed by atoms with Crippen molar-refractivity contribution in [3.05, 3.63) is 47.2 Å². The summed E-state index contributed by atoms with van der Waals surface area (Å²) in [4.78, 5) is 0. The Morgan fingerprint density at radius 2 is 1.94 bits per heavy atom. The SMILES string of the molecule is CNCc1ccc(COc2cc(C)[nH]n2)cc1. The number of aromatic amines is 1. The van der Waals surface area contributed by atoms with E-state index in [1.807, 2.05) is 20.0 Å². The number of benzene rings is 1. The molecule has 17 heavy (non-hydrogen) atoms. The Morgan fingerprint density at radius 3 is 2.53 bits per heavy atom. The summed E-state index contributed by atoms with van der Waals surface area (Å²) in [5.41, 5.74) is 3.42. The van der Waals surface area contributed by atoms with Crippen LogP contribution in [0.5, 0.6) is 5.88 Å². The molecule has 0 aliphatic heterocycles. The number of H-pyrrole nitrogens is 1. The van der Waals surface area contributed by atoms with Gasteiger partial charge in [-0.05, 0) is 25.1 Å². The fourth-order valence-corrected chi connectivity index (χ4v) is 1.58. The van der Waals surface area contributed by atoms with Crippen LogP contribution in [0.15, 0.2) is 30.3 Å². The van der Waals surface area contributed by atoms with Crippen LogP contribution in [0.2, 0.25) is 0 Å². The van der Waals surface area contributed by atoms with Crippen molar-refractivity contribution >= 4 is 0 Å². The van der Waals surface area contributed by atoms with Gasteiger partial charge in [-0.15, -0.1) is 5.10 Å². The highest BCUT2D eigenvalue weighted by Crippen LogP contribution is 2.11. The van der Waals surface area contributed by atoms with Gasteiger partial charge in [0.25, 0.3) is 0 Å². The number of aromatic nitrogens is 2. The molecular weight excluding hydrogens is 214 g/mol. The minimum atomic E-state index is 0.546. The molecule has 2 N–H and O–H groups in total. The minimum Gasteiger partial charge on any atom is -0.472 e. The molecule has 0 saturated carbocycles. The maximum Gasteiger partial charge on any atom is 0.233 e. The maximum atomic E-state index is 5.55. The molecule has 1 heterocycles. The molecule has 0 aliphatic rings. The average Bonchev–Trinajstić information content (AvgIpc) is 2.75. The fourth-order valence-electron chi connectivity index (χ4n) is 1.58. The predicted molar refractivity (Wildman–Crippen MR) is 66.9 cm³/mol. The van der Waals surface area contributed by atoms with Gasteiger partial charge in [0.15, 0.2) is 0 Å². The molecule has 4 nitrogen and oxygen atoms in total. The zero-order chi connectivity index (χ0) is 12.1. The van der Waals surface area contributed by atoms with E-state index in [0.717, 1.165) is 17.8 Å². The molecule has 2 aromatic rings. The molecule has 0 amide bonds. The van der Waals surface area contributed by atoms with Crippen LogP contribution >= 0.6 is 0 Å². The van der Waals surface area contributed by atoms with E-state index in [1.165, 1.54) is 5.56 Å². The number of rotatable bonds is 5. The first-order chi connectivity index (χ1) is 8.28. The van der Waals surface area contributed by atoms with Crippen LogP contribution < -0.4 is 10.1 Å². The highest BCUT2D eigenvalue weighted by Gasteiger charge is 1.99. The summed E-state index contributed by atoms with van der Waals surface area (Å²) in [6.45, 7) is 3.39. The summed E-state index contributed by atoms with van der Waals surface area (Å²) >= 11 is 0. The van der Waals surface area contributed by atoms with Gasteiger partial charge >= 0.3 is 0 Å². The van der Waals surface area contributed by atoms with Gasteiger partial charge in [0.05, 0.1) is 0 Å². The van der Waals surface area contributed by atoms with Gasteiger partial charge in [-0.3, -0.25) is 5.10 Å². The first-order valence-corrected chi connectivity index (χ1v) is 5.65. The number of hydrogen-bond acceptors (Lipinski definition) is 3. The van der Waals surface area contributed by atoms with Crippen molar-refractivity contribution in [2.24, 2.45) is 0 Å². The van der Waals surface area contributed by atoms with Gasteiger partial charge in [-0.25, -0.2) is 0 Å². The summed E-state index contributed by atoms with van der Waals surface area (Å²) in [6.07, 6.45) is 0. The first-order valence-electron chi connectivity index (χ1n) is 5.65. The van der Waals surface area contributed by atoms with Crippen molar-refractivity contribution in [1.29, 1.82) is 0 Å². The summed E-state index contributed by atoms with van der Waals surface area (Å²) in [5, 5.41) is 9.99. The van der Waals surface area contributed by atoms with Crippen LogP contribution in [0, 0.1) is 6.92 Å². The zero-order valence-corrected chi connectivity index (χ0v) is 10.2. The van der Waals surface area contributed by atoms with Crippen LogP contribution in [-0.4, -0.2) is 17.2 Å². The van der Waals surface area contributed by atoms with Crippen molar-refractivity contribution in [3.63, 3.8) is 0 Å². The molecule has 0 saturated heterocycles. The average molecular weight is 231 g/mol. The van der Waals surface area contributed by atoms with E-state index in [9.17, 15) is 0 Å². The Morgan fingerprint density at radius 1 is 1.24 bits per heavy atom. The number of nitrogens with zero attached hydrogens (tertiary/aromatic N) is 1. The van der Waals surface area contributed by atoms with Crippen LogP contribution in [0.4, 0.5) is 0 Å². The number of ether oxygens (including phenoxy) is 1. The Balaban J connectivity index is 1.90. The number of aryl methyl sites for hydroxylation is 1. The fraction of sp³-hybridized carbons (Fsp3) is 0.308. The second kappa shape index (κ2) is 5.50. The van der Waals surface area contributed by atoms with E-state index in [1.54, 1.807) is 0 Å². The Bertz CT molecular complexity index is 462. The Hall–Kier alpha value is -1.81. The Labute approximate surface area is 101 Å². The first kappa shape index (κ1) is 11.7. The largest absolute Gasteiger partial charge is 0.472 e. The molecule has 4 heteroatoms. The molecule has 0 fully saturated rings. The molecule has 0 bridgehead atoms. The van der Waals surface area contributed by atoms with Crippen molar-refractivity contribution in [2.75, 3.05) is 7.05 Å². The smallest absolute Gasteiger partial charge is 0.233 e. The van der Waals surface area contributed by atoms with Crippen LogP contribution in [0.1, 0.15) is 16.8 Å². The lowest BCUT2D eigenvalue weighted by molar-refractivity contribution is 0.293. The quantitative estimate of drug-likeness (QED) is 0.827. The molecule has 0 atom stereocenters. The van der Waals surface area contributed by atoms with E-state index in [0.29, 0.717) is 12.5 Å². The van der Waals surface area contributed by atoms with Gasteiger partial charge in [-0.1, -0.05) is 24.3 Å². The van der Waals surface area contributed by atoms with Crippen LogP contribution in [0.25, 0.3) is 0 Å². The summed E-state index contributed by atoms with van der Waals surface area (Å²) in [6, 6.07) is 10.2. The highest BCUT2D eigenvalue weighted by molar-refractivity contribution is 5.22. The number of hydrogen-bond donors (Lipinski definition) is 2. The van der Waals surface area contributed by atoms with Gasteiger partial charge in [0.1, 0.15) is 6.61 Å². The second-order valence-electron chi connectivity index (χ2n) is 4.02. The van der Waals surface area contributed by atoms with Gasteiger partial charge < -0.3 is 10.1 Å². The van der Waals surface area contributed by atoms with Crippen molar-refractivity contribution in [3.8, 4) is 5.88 Å². The molecule has 0 radical (unpaired) electrons. The summed E-state index contributed by atoms with van der Waals surface area (Å²) in [7, 11) is 1.94. The van der Waals surface area contributed by atoms with Crippen LogP contribution in [-0.2, 0) is 13.2 Å². The third-order valence-electron chi connectivity index (χ3n) is 2.47. The predicted octanol–water partition coefficient (Wildman–Crippen LogP) is 2.02. The lowest BCUT2D eigenvalue weighted by Gasteiger charge is -2.04. The van der Waals surface area contributed by atoms with E-state index < -0.39 is 0 Å². The van der Waals surface area contributed by atoms with Crippen LogP contribution in [0.3, 0.4) is 0 Å². The molecule has 2 rings (SSSR count). The molecule has 0 unspecified atom stereocenters. The normalized spacial score (nSPS) is 10.5. The molecule has 1 aromatic carbocycles. The zero-order valence-electron chi connectivity index (χ0n) is 10.2. The molecule has 0 aliphatic carbocycles. The molecule has 1 aromatic heterocycles. The topological polar surface area (TPSA) is 49.9 Å². The second-order valence-corrected chi connectivity index (χ2v) is 4.02. The maximum absolute atomic E-state index is 5.55. The summed E-state index contributed by atoms with van der Waals surface area (Å²) in [5.74, 6) is 0.641. The standard InChI is InChI=1S/C13H17N3O/c1-10-7-13(16-15-10)17-9-12-5-3-11(4-6-12)8-14-2/h3-7,14H,8-9H2,1-2H3,(H,15,16). The lowest BCUT2D eigenvalue weighted by Crippen LogP contribution is -2.05. The van der Waals surface area contributed by atoms with Gasteiger partial charge in [0.2, 0.25) is 5.88 Å². The third kappa shape index (κ3) is 3.32. The number of nitrogens with one attached hydrogen (secondary N) is 2. The minimum absolute atomic E-state index is 0.546. The van der Waals surface area contributed by atoms with Crippen molar-refractivity contribution < 1.29 is 4.74 Å². The van der Waals surface area contributed by atoms with Gasteiger partial charge in [0, 0.05) is 18.3 Å². The van der Waals surface area contributed by atoms with E-state index in [2.05, 4.69) is 39.8 Å². The summed E-state index contributed by atoms with van der Waals surface area (Å²) < 4.78 is 5.55. The van der Waals surface area contributed by atoms with Crippen molar-refractivity contribution in [1.82, 2.24) is 15.5 Å².